The van der Waals surface area contributed by atoms with Crippen LogP contribution < -0.4 is 5.32 Å². The fourth-order valence-corrected chi connectivity index (χ4v) is 6.25. The molecule has 0 aliphatic carbocycles. The Balaban J connectivity index is 1.70. The van der Waals surface area contributed by atoms with Gasteiger partial charge in [-0.25, -0.2) is 4.98 Å². The number of hydrogen-bond donors (Lipinski definition) is 1. The number of carbonyl (C=O) groups is 2. The number of benzene rings is 1. The molecule has 7 atom stereocenters. The number of likely N-dealkylation sites (tertiary alicyclic amines) is 1. The van der Waals surface area contributed by atoms with E-state index in [4.69, 9.17) is 9.47 Å². The van der Waals surface area contributed by atoms with Crippen LogP contribution >= 0.6 is 11.3 Å². The number of carbonyl (C=O) groups excluding carboxylic acids is 2. The second-order valence-electron chi connectivity index (χ2n) is 10.6. The summed E-state index contributed by atoms with van der Waals surface area (Å²) in [5, 5.41) is 6.04. The van der Waals surface area contributed by atoms with Crippen LogP contribution in [0.4, 0.5) is 0 Å². The maximum atomic E-state index is 13.6. The molecule has 3 rings (SSSR count). The lowest BCUT2D eigenvalue weighted by Gasteiger charge is -2.35. The van der Waals surface area contributed by atoms with Gasteiger partial charge < -0.3 is 19.7 Å². The van der Waals surface area contributed by atoms with E-state index in [1.54, 1.807) is 20.4 Å². The normalized spacial score (nSPS) is 20.4. The average molecular weight is 544 g/mol. The molecule has 1 aliphatic heterocycles. The van der Waals surface area contributed by atoms with Crippen LogP contribution in [0.5, 0.6) is 0 Å². The lowest BCUT2D eigenvalue weighted by Crippen LogP contribution is -2.50. The van der Waals surface area contributed by atoms with E-state index in [0.29, 0.717) is 25.3 Å². The van der Waals surface area contributed by atoms with Gasteiger partial charge in [-0.05, 0) is 36.7 Å². The van der Waals surface area contributed by atoms with Crippen molar-refractivity contribution in [3.63, 3.8) is 0 Å². The monoisotopic (exact) mass is 543 g/mol. The zero-order valence-corrected chi connectivity index (χ0v) is 24.6. The molecule has 0 saturated carbocycles. The highest BCUT2D eigenvalue weighted by Crippen LogP contribution is 2.30. The highest BCUT2D eigenvalue weighted by atomic mass is 32.1. The molecular weight excluding hydrogens is 498 g/mol. The summed E-state index contributed by atoms with van der Waals surface area (Å²) in [6, 6.07) is 9.75. The highest BCUT2D eigenvalue weighted by molar-refractivity contribution is 7.09. The number of nitrogens with zero attached hydrogens (tertiary/aromatic N) is 2. The van der Waals surface area contributed by atoms with E-state index in [2.05, 4.69) is 43.2 Å². The van der Waals surface area contributed by atoms with Gasteiger partial charge in [-0.2, -0.15) is 0 Å². The smallest absolute Gasteiger partial charge is 0.226 e. The van der Waals surface area contributed by atoms with Crippen molar-refractivity contribution >= 4 is 23.2 Å². The number of rotatable bonds is 14. The Morgan fingerprint density at radius 3 is 2.50 bits per heavy atom. The van der Waals surface area contributed by atoms with Gasteiger partial charge in [-0.1, -0.05) is 64.4 Å². The zero-order valence-electron chi connectivity index (χ0n) is 23.8. The summed E-state index contributed by atoms with van der Waals surface area (Å²) in [5.74, 6) is 0.305. The third-order valence-electron chi connectivity index (χ3n) is 8.33. The molecule has 1 saturated heterocycles. The van der Waals surface area contributed by atoms with Gasteiger partial charge in [0.15, 0.2) is 0 Å². The van der Waals surface area contributed by atoms with Crippen molar-refractivity contribution in [3.8, 4) is 0 Å². The fraction of sp³-hybridized carbons (Fsp3) is 0.633. The predicted molar refractivity (Wildman–Crippen MR) is 152 cm³/mol. The number of aromatic nitrogens is 1. The molecule has 2 aromatic rings. The molecule has 1 aliphatic rings. The van der Waals surface area contributed by atoms with Crippen LogP contribution in [0.15, 0.2) is 41.9 Å². The average Bonchev–Trinajstić information content (AvgIpc) is 3.64. The van der Waals surface area contributed by atoms with Crippen molar-refractivity contribution in [2.75, 3.05) is 20.8 Å². The summed E-state index contributed by atoms with van der Waals surface area (Å²) >= 11 is 1.54. The van der Waals surface area contributed by atoms with Crippen molar-refractivity contribution in [3.05, 3.63) is 52.5 Å². The SMILES string of the molecule is CC[C@H](C)[C@H](C)[C@@H](CC(=O)N1CCCC1[C@H](OC)[C@@H](C)C(=O)N[C@@H](Cc1ccccc1)c1nccs1)OC. The molecule has 1 unspecified atom stereocenters. The summed E-state index contributed by atoms with van der Waals surface area (Å²) in [6.07, 6.45) is 5.01. The number of hydrogen-bond acceptors (Lipinski definition) is 6. The molecule has 2 amide bonds. The Morgan fingerprint density at radius 2 is 1.89 bits per heavy atom. The van der Waals surface area contributed by atoms with Gasteiger partial charge >= 0.3 is 0 Å². The fourth-order valence-electron chi connectivity index (χ4n) is 5.56. The van der Waals surface area contributed by atoms with E-state index in [1.807, 2.05) is 35.4 Å². The van der Waals surface area contributed by atoms with Crippen LogP contribution in [0, 0.1) is 17.8 Å². The van der Waals surface area contributed by atoms with Gasteiger partial charge in [0.05, 0.1) is 36.6 Å². The van der Waals surface area contributed by atoms with Gasteiger partial charge in [-0.15, -0.1) is 11.3 Å². The highest BCUT2D eigenvalue weighted by Gasteiger charge is 2.41. The van der Waals surface area contributed by atoms with Crippen LogP contribution in [0.3, 0.4) is 0 Å². The summed E-state index contributed by atoms with van der Waals surface area (Å²) in [4.78, 5) is 33.4. The van der Waals surface area contributed by atoms with Crippen LogP contribution in [-0.4, -0.2) is 60.7 Å². The Hall–Kier alpha value is -2.29. The summed E-state index contributed by atoms with van der Waals surface area (Å²) in [6.45, 7) is 9.12. The van der Waals surface area contributed by atoms with Gasteiger partial charge in [-0.3, -0.25) is 9.59 Å². The van der Waals surface area contributed by atoms with E-state index in [0.717, 1.165) is 29.8 Å². The minimum Gasteiger partial charge on any atom is -0.381 e. The second kappa shape index (κ2) is 14.8. The second-order valence-corrected chi connectivity index (χ2v) is 11.6. The van der Waals surface area contributed by atoms with E-state index in [1.165, 1.54) is 11.3 Å². The maximum Gasteiger partial charge on any atom is 0.226 e. The molecule has 1 aromatic heterocycles. The van der Waals surface area contributed by atoms with E-state index in [-0.39, 0.29) is 35.9 Å². The van der Waals surface area contributed by atoms with Crippen molar-refractivity contribution in [2.24, 2.45) is 17.8 Å². The van der Waals surface area contributed by atoms with Crippen molar-refractivity contribution in [2.45, 2.75) is 84.1 Å². The van der Waals surface area contributed by atoms with Gasteiger partial charge in [0.2, 0.25) is 11.8 Å². The van der Waals surface area contributed by atoms with Gasteiger partial charge in [0.1, 0.15) is 5.01 Å². The van der Waals surface area contributed by atoms with Crippen molar-refractivity contribution < 1.29 is 19.1 Å². The Labute approximate surface area is 232 Å². The largest absolute Gasteiger partial charge is 0.381 e. The van der Waals surface area contributed by atoms with Crippen molar-refractivity contribution in [1.82, 2.24) is 15.2 Å². The molecule has 2 heterocycles. The van der Waals surface area contributed by atoms with Crippen LogP contribution in [0.2, 0.25) is 0 Å². The number of thiazole rings is 1. The summed E-state index contributed by atoms with van der Waals surface area (Å²) in [5.41, 5.74) is 1.14. The minimum atomic E-state index is -0.436. The quantitative estimate of drug-likeness (QED) is 0.351. The standard InChI is InChI=1S/C30H45N3O4S/c1-7-20(2)21(3)26(36-5)19-27(34)33-16-11-14-25(33)28(37-6)22(4)29(35)32-24(30-31-15-17-38-30)18-23-12-9-8-10-13-23/h8-10,12-13,15,17,20-22,24-26,28H,7,11,14,16,18-19H2,1-6H3,(H,32,35)/t20-,21-,22+,24-,25?,26+,28+/m0/s1. The molecule has 1 fully saturated rings. The van der Waals surface area contributed by atoms with Crippen LogP contribution in [0.25, 0.3) is 0 Å². The first-order valence-corrected chi connectivity index (χ1v) is 14.8. The Kier molecular flexibility index (Phi) is 11.7. The van der Waals surface area contributed by atoms with Gasteiger partial charge in [0, 0.05) is 32.3 Å². The molecule has 1 aromatic carbocycles. The Bertz CT molecular complexity index is 987. The van der Waals surface area contributed by atoms with Gasteiger partial charge in [0.25, 0.3) is 0 Å². The number of methoxy groups -OCH3 is 2. The molecule has 210 valence electrons. The van der Waals surface area contributed by atoms with E-state index < -0.39 is 12.0 Å². The Morgan fingerprint density at radius 1 is 1.16 bits per heavy atom. The number of ether oxygens (including phenoxy) is 2. The molecule has 0 radical (unpaired) electrons. The molecular formula is C30H45N3O4S. The topological polar surface area (TPSA) is 80.8 Å². The molecule has 1 N–H and O–H groups in total. The lowest BCUT2D eigenvalue weighted by molar-refractivity contribution is -0.142. The molecule has 7 nitrogen and oxygen atoms in total. The lowest BCUT2D eigenvalue weighted by atomic mass is 9.87. The summed E-state index contributed by atoms with van der Waals surface area (Å²) < 4.78 is 11.7. The first-order chi connectivity index (χ1) is 18.3. The van der Waals surface area contributed by atoms with E-state index >= 15 is 0 Å². The van der Waals surface area contributed by atoms with Crippen LogP contribution in [0.1, 0.15) is 70.0 Å². The minimum absolute atomic E-state index is 0.0777. The molecule has 0 spiro atoms. The zero-order chi connectivity index (χ0) is 27.7. The number of nitrogens with one attached hydrogen (secondary N) is 1. The first-order valence-electron chi connectivity index (χ1n) is 13.9. The van der Waals surface area contributed by atoms with Crippen molar-refractivity contribution in [1.29, 1.82) is 0 Å². The predicted octanol–water partition coefficient (Wildman–Crippen LogP) is 5.27. The maximum absolute atomic E-state index is 13.6. The summed E-state index contributed by atoms with van der Waals surface area (Å²) in [7, 11) is 3.33. The number of amides is 2. The third-order valence-corrected chi connectivity index (χ3v) is 9.22. The third kappa shape index (κ3) is 7.64. The molecule has 0 bridgehead atoms. The molecule has 38 heavy (non-hydrogen) atoms. The molecule has 8 heteroatoms. The first kappa shape index (κ1) is 30.3. The van der Waals surface area contributed by atoms with E-state index in [9.17, 15) is 9.59 Å². The van der Waals surface area contributed by atoms with Crippen LogP contribution in [-0.2, 0) is 25.5 Å².